The van der Waals surface area contributed by atoms with Crippen LogP contribution in [0.3, 0.4) is 0 Å². The predicted octanol–water partition coefficient (Wildman–Crippen LogP) is -0.400. The average molecular weight is 244 g/mol. The van der Waals surface area contributed by atoms with E-state index in [4.69, 9.17) is 24.4 Å². The largest absolute Gasteiger partial charge is 0.369 e. The maximum atomic E-state index is 5.05. The number of thiocarbonyl (C=S) groups is 2. The van der Waals surface area contributed by atoms with E-state index in [-0.39, 0.29) is 29.6 Å². The number of rotatable bonds is 3. The van der Waals surface area contributed by atoms with Gasteiger partial charge in [-0.1, -0.05) is 12.2 Å². The smallest absolute Gasteiger partial charge is 0.169 e. The van der Waals surface area contributed by atoms with Crippen LogP contribution in [0, 0.1) is 0 Å². The number of nitrogens with one attached hydrogen (secondary N) is 2. The van der Waals surface area contributed by atoms with E-state index in [1.54, 1.807) is 0 Å². The van der Waals surface area contributed by atoms with Gasteiger partial charge in [-0.15, -0.1) is 12.6 Å². The fourth-order valence-electron chi connectivity index (χ4n) is 1.02. The van der Waals surface area contributed by atoms with Gasteiger partial charge in [-0.25, -0.2) is 0 Å². The van der Waals surface area contributed by atoms with Crippen molar-refractivity contribution in [1.82, 2.24) is 15.5 Å². The van der Waals surface area contributed by atoms with E-state index in [0.29, 0.717) is 4.32 Å². The Morgan fingerprint density at radius 1 is 1.69 bits per heavy atom. The Hall–Kier alpha value is 0.930. The number of nitrogens with zero attached hydrogens (tertiary/aromatic N) is 1. The Morgan fingerprint density at radius 3 is 2.85 bits per heavy atom. The van der Waals surface area contributed by atoms with Crippen LogP contribution in [0.25, 0.3) is 0 Å². The fourth-order valence-corrected chi connectivity index (χ4v) is 1.52. The van der Waals surface area contributed by atoms with Crippen LogP contribution in [0.2, 0.25) is 0 Å². The first kappa shape index (κ1) is 13.9. The van der Waals surface area contributed by atoms with Crippen molar-refractivity contribution in [2.75, 3.05) is 26.2 Å². The monoisotopic (exact) mass is 244 g/mol. The van der Waals surface area contributed by atoms with E-state index < -0.39 is 0 Å². The van der Waals surface area contributed by atoms with Crippen LogP contribution in [0.15, 0.2) is 0 Å². The molecule has 1 heterocycles. The van der Waals surface area contributed by atoms with Crippen LogP contribution >= 0.6 is 37.1 Å². The molecule has 13 heavy (non-hydrogen) atoms. The molecule has 0 unspecified atom stereocenters. The Bertz CT molecular complexity index is 200. The van der Waals surface area contributed by atoms with Crippen LogP contribution < -0.4 is 10.6 Å². The molecule has 0 aromatic rings. The van der Waals surface area contributed by atoms with Crippen molar-refractivity contribution < 1.29 is 0 Å². The molecule has 0 aliphatic carbocycles. The van der Waals surface area contributed by atoms with Gasteiger partial charge in [0.1, 0.15) is 4.32 Å². The minimum absolute atomic E-state index is 0. The molecule has 0 aromatic carbocycles. The van der Waals surface area contributed by atoms with Crippen molar-refractivity contribution in [3.8, 4) is 0 Å². The predicted molar refractivity (Wildman–Crippen MR) is 67.5 cm³/mol. The van der Waals surface area contributed by atoms with Crippen LogP contribution in [0.4, 0.5) is 0 Å². The summed E-state index contributed by atoms with van der Waals surface area (Å²) in [5, 5.41) is 6.88. The third-order valence-electron chi connectivity index (χ3n) is 1.60. The molecule has 0 amide bonds. The zero-order valence-corrected chi connectivity index (χ0v) is 12.1. The molecule has 69 valence electrons. The van der Waals surface area contributed by atoms with Crippen LogP contribution in [-0.4, -0.2) is 70.1 Å². The van der Waals surface area contributed by atoms with Gasteiger partial charge in [-0.2, -0.15) is 0 Å². The minimum Gasteiger partial charge on any atom is -0.369 e. The SMILES string of the molecule is S=C(S)NCCN1CCNC1=S.[Na]. The van der Waals surface area contributed by atoms with E-state index in [9.17, 15) is 0 Å². The maximum absolute atomic E-state index is 5.05. The summed E-state index contributed by atoms with van der Waals surface area (Å²) in [5.74, 6) is 0. The van der Waals surface area contributed by atoms with Gasteiger partial charge in [-0.05, 0) is 12.2 Å². The molecule has 1 aliphatic rings. The summed E-state index contributed by atoms with van der Waals surface area (Å²) in [4.78, 5) is 2.11. The van der Waals surface area contributed by atoms with Crippen molar-refractivity contribution in [3.05, 3.63) is 0 Å². The first-order chi connectivity index (χ1) is 5.70. The van der Waals surface area contributed by atoms with Crippen molar-refractivity contribution in [2.45, 2.75) is 0 Å². The number of thiol groups is 1. The normalized spacial score (nSPS) is 14.8. The zero-order chi connectivity index (χ0) is 8.97. The molecule has 1 aliphatic heterocycles. The second-order valence-corrected chi connectivity index (χ2v) is 4.00. The van der Waals surface area contributed by atoms with E-state index >= 15 is 0 Å². The summed E-state index contributed by atoms with van der Waals surface area (Å²) in [6.45, 7) is 3.61. The third kappa shape index (κ3) is 5.39. The quantitative estimate of drug-likeness (QED) is 0.357. The molecule has 3 nitrogen and oxygen atoms in total. The third-order valence-corrected chi connectivity index (χ3v) is 2.31. The number of hydrogen-bond acceptors (Lipinski definition) is 2. The molecule has 0 saturated carbocycles. The Morgan fingerprint density at radius 2 is 2.38 bits per heavy atom. The van der Waals surface area contributed by atoms with Gasteiger partial charge < -0.3 is 15.5 Å². The summed E-state index contributed by atoms with van der Waals surface area (Å²) < 4.78 is 0.535. The Labute approximate surface area is 117 Å². The topological polar surface area (TPSA) is 27.3 Å². The minimum atomic E-state index is 0. The molecule has 1 fully saturated rings. The summed E-state index contributed by atoms with van der Waals surface area (Å²) in [7, 11) is 0. The Balaban J connectivity index is 0.00000144. The molecular formula is C6H11N3NaS3. The zero-order valence-electron chi connectivity index (χ0n) is 7.54. The first-order valence-electron chi connectivity index (χ1n) is 3.70. The summed E-state index contributed by atoms with van der Waals surface area (Å²) in [5.41, 5.74) is 0. The van der Waals surface area contributed by atoms with Gasteiger partial charge >= 0.3 is 0 Å². The maximum Gasteiger partial charge on any atom is 0.169 e. The Kier molecular flexibility index (Phi) is 7.77. The van der Waals surface area contributed by atoms with Gasteiger partial charge in [-0.3, -0.25) is 0 Å². The molecule has 1 rings (SSSR count). The first-order valence-corrected chi connectivity index (χ1v) is 4.96. The summed E-state index contributed by atoms with van der Waals surface area (Å²) >= 11 is 13.8. The van der Waals surface area contributed by atoms with E-state index in [1.807, 2.05) is 0 Å². The molecule has 2 N–H and O–H groups in total. The van der Waals surface area contributed by atoms with E-state index in [0.717, 1.165) is 31.3 Å². The molecule has 7 heteroatoms. The van der Waals surface area contributed by atoms with E-state index in [1.165, 1.54) is 0 Å². The van der Waals surface area contributed by atoms with Crippen molar-refractivity contribution >= 4 is 76.1 Å². The van der Waals surface area contributed by atoms with Crippen LogP contribution in [0.5, 0.6) is 0 Å². The molecule has 1 radical (unpaired) electrons. The average Bonchev–Trinajstić information content (AvgIpc) is 2.36. The molecule has 0 atom stereocenters. The molecule has 0 spiro atoms. The fraction of sp³-hybridized carbons (Fsp3) is 0.667. The number of hydrogen-bond donors (Lipinski definition) is 3. The molecule has 0 aromatic heterocycles. The van der Waals surface area contributed by atoms with Crippen LogP contribution in [-0.2, 0) is 0 Å². The summed E-state index contributed by atoms with van der Waals surface area (Å²) in [6.07, 6.45) is 0. The van der Waals surface area contributed by atoms with Gasteiger partial charge in [0.15, 0.2) is 5.11 Å². The van der Waals surface area contributed by atoms with Crippen molar-refractivity contribution in [2.24, 2.45) is 0 Å². The van der Waals surface area contributed by atoms with Crippen LogP contribution in [0.1, 0.15) is 0 Å². The van der Waals surface area contributed by atoms with Crippen molar-refractivity contribution in [1.29, 1.82) is 0 Å². The van der Waals surface area contributed by atoms with Gasteiger partial charge in [0.25, 0.3) is 0 Å². The summed E-state index contributed by atoms with van der Waals surface area (Å²) in [6, 6.07) is 0. The second-order valence-electron chi connectivity index (χ2n) is 2.45. The molecular weight excluding hydrogens is 233 g/mol. The van der Waals surface area contributed by atoms with Gasteiger partial charge in [0, 0.05) is 55.7 Å². The van der Waals surface area contributed by atoms with Gasteiger partial charge in [0.05, 0.1) is 0 Å². The van der Waals surface area contributed by atoms with E-state index in [2.05, 4.69) is 28.2 Å². The second kappa shape index (κ2) is 7.25. The van der Waals surface area contributed by atoms with Gasteiger partial charge in [0.2, 0.25) is 0 Å². The van der Waals surface area contributed by atoms with Crippen molar-refractivity contribution in [3.63, 3.8) is 0 Å². The standard InChI is InChI=1S/C6H11N3S3.Na/c10-5-7-1-3-9(5)4-2-8-6(11)12;/h1-4H2,(H,7,10)(H2,8,11,12);. The molecule has 1 saturated heterocycles. The molecule has 0 bridgehead atoms.